The number of phenols is 6. The van der Waals surface area contributed by atoms with E-state index in [1.165, 1.54) is 6.21 Å². The second-order valence-electron chi connectivity index (χ2n) is 4.92. The highest BCUT2D eigenvalue weighted by Gasteiger charge is 2.07. The Morgan fingerprint density at radius 1 is 0.769 bits per heavy atom. The first-order valence-electron chi connectivity index (χ1n) is 6.93. The molecule has 0 atom stereocenters. The number of benzene rings is 2. The monoisotopic (exact) mass is 361 g/mol. The van der Waals surface area contributed by atoms with Crippen molar-refractivity contribution in [3.05, 3.63) is 35.4 Å². The van der Waals surface area contributed by atoms with Gasteiger partial charge in [-0.2, -0.15) is 10.2 Å². The molecule has 2 aromatic carbocycles. The molecule has 0 aliphatic rings. The molecule has 0 aliphatic heterocycles. The van der Waals surface area contributed by atoms with Gasteiger partial charge in [-0.25, -0.2) is 5.43 Å². The highest BCUT2D eigenvalue weighted by Crippen LogP contribution is 2.35. The minimum absolute atomic E-state index is 0.211. The molecule has 11 nitrogen and oxygen atoms in total. The molecule has 0 radical (unpaired) electrons. The van der Waals surface area contributed by atoms with Crippen molar-refractivity contribution in [2.75, 3.05) is 0 Å². The highest BCUT2D eigenvalue weighted by atomic mass is 16.3. The summed E-state index contributed by atoms with van der Waals surface area (Å²) < 4.78 is 0. The van der Waals surface area contributed by atoms with Gasteiger partial charge in [0.15, 0.2) is 34.5 Å². The topological polar surface area (TPSA) is 197 Å². The van der Waals surface area contributed by atoms with Crippen LogP contribution in [0.4, 0.5) is 0 Å². The van der Waals surface area contributed by atoms with Gasteiger partial charge in [0.05, 0.1) is 12.4 Å². The third-order valence-electron chi connectivity index (χ3n) is 2.95. The summed E-state index contributed by atoms with van der Waals surface area (Å²) in [6.45, 7) is 0. The van der Waals surface area contributed by atoms with Crippen LogP contribution < -0.4 is 11.2 Å². The average Bonchev–Trinajstić information content (AvgIpc) is 2.57. The summed E-state index contributed by atoms with van der Waals surface area (Å²) in [6, 6.07) is 4.63. The van der Waals surface area contributed by atoms with Crippen molar-refractivity contribution in [3.63, 3.8) is 0 Å². The van der Waals surface area contributed by atoms with Crippen LogP contribution in [0.15, 0.2) is 39.6 Å². The van der Waals surface area contributed by atoms with E-state index < -0.39 is 34.5 Å². The lowest BCUT2D eigenvalue weighted by Gasteiger charge is -2.02. The summed E-state index contributed by atoms with van der Waals surface area (Å²) >= 11 is 0. The summed E-state index contributed by atoms with van der Waals surface area (Å²) in [6.07, 6.45) is 2.36. The van der Waals surface area contributed by atoms with Gasteiger partial charge in [-0.05, 0) is 24.3 Å². The fraction of sp³-hybridized carbons (Fsp3) is 0. The lowest BCUT2D eigenvalue weighted by Crippen LogP contribution is -2.26. The largest absolute Gasteiger partial charge is 0.504 e. The minimum atomic E-state index is -0.646. The molecule has 0 amide bonds. The fourth-order valence-electron chi connectivity index (χ4n) is 1.75. The molecule has 0 aliphatic carbocycles. The van der Waals surface area contributed by atoms with Crippen LogP contribution in [0.25, 0.3) is 0 Å². The van der Waals surface area contributed by atoms with Crippen molar-refractivity contribution in [2.24, 2.45) is 21.0 Å². The lowest BCUT2D eigenvalue weighted by molar-refractivity contribution is 0.368. The van der Waals surface area contributed by atoms with Gasteiger partial charge in [-0.3, -0.25) is 0 Å². The summed E-state index contributed by atoms with van der Waals surface area (Å²) in [4.78, 5) is 0. The Labute approximate surface area is 146 Å². The maximum Gasteiger partial charge on any atom is 0.234 e. The van der Waals surface area contributed by atoms with E-state index in [1.807, 2.05) is 0 Å². The smallest absolute Gasteiger partial charge is 0.234 e. The summed E-state index contributed by atoms with van der Waals surface area (Å²) in [5.74, 6) is -3.57. The van der Waals surface area contributed by atoms with Crippen molar-refractivity contribution in [3.8, 4) is 34.5 Å². The maximum absolute atomic E-state index is 9.36. The molecule has 0 spiro atoms. The molecule has 136 valence electrons. The number of rotatable bonds is 4. The highest BCUT2D eigenvalue weighted by molar-refractivity contribution is 5.86. The van der Waals surface area contributed by atoms with Gasteiger partial charge in [-0.15, -0.1) is 5.10 Å². The van der Waals surface area contributed by atoms with Crippen LogP contribution in [0, 0.1) is 0 Å². The number of hydrogen-bond donors (Lipinski definition) is 8. The second-order valence-corrected chi connectivity index (χ2v) is 4.92. The summed E-state index contributed by atoms with van der Waals surface area (Å²) in [5.41, 5.74) is 8.36. The van der Waals surface area contributed by atoms with Crippen LogP contribution in [0.5, 0.6) is 34.5 Å². The Kier molecular flexibility index (Phi) is 5.33. The molecule has 26 heavy (non-hydrogen) atoms. The van der Waals surface area contributed by atoms with Crippen molar-refractivity contribution in [1.82, 2.24) is 5.43 Å². The molecule has 0 bridgehead atoms. The zero-order valence-corrected chi connectivity index (χ0v) is 13.1. The van der Waals surface area contributed by atoms with E-state index in [4.69, 9.17) is 5.73 Å². The first-order chi connectivity index (χ1) is 12.3. The van der Waals surface area contributed by atoms with Gasteiger partial charge in [-0.1, -0.05) is 0 Å². The molecule has 2 aromatic rings. The Morgan fingerprint density at radius 2 is 1.19 bits per heavy atom. The number of phenolic OH excluding ortho intramolecular Hbond substituents is 6. The third kappa shape index (κ3) is 4.44. The van der Waals surface area contributed by atoms with Crippen molar-refractivity contribution in [2.45, 2.75) is 0 Å². The van der Waals surface area contributed by atoms with Crippen LogP contribution in [0.3, 0.4) is 0 Å². The lowest BCUT2D eigenvalue weighted by atomic mass is 10.2. The van der Waals surface area contributed by atoms with Gasteiger partial charge in [0, 0.05) is 11.1 Å². The summed E-state index contributed by atoms with van der Waals surface area (Å²) in [5, 5.41) is 66.7. The molecule has 0 fully saturated rings. The summed E-state index contributed by atoms with van der Waals surface area (Å²) in [7, 11) is 0. The van der Waals surface area contributed by atoms with E-state index >= 15 is 0 Å². The minimum Gasteiger partial charge on any atom is -0.504 e. The van der Waals surface area contributed by atoms with Crippen molar-refractivity contribution < 1.29 is 30.6 Å². The molecule has 11 heteroatoms. The van der Waals surface area contributed by atoms with Gasteiger partial charge in [0.1, 0.15) is 0 Å². The number of guanidine groups is 1. The predicted octanol–water partition coefficient (Wildman–Crippen LogP) is 0.192. The average molecular weight is 361 g/mol. The van der Waals surface area contributed by atoms with E-state index in [9.17, 15) is 30.6 Å². The Bertz CT molecular complexity index is 863. The second kappa shape index (κ2) is 7.61. The molecular weight excluding hydrogens is 346 g/mol. The van der Waals surface area contributed by atoms with E-state index in [0.717, 1.165) is 30.5 Å². The first kappa shape index (κ1) is 18.2. The van der Waals surface area contributed by atoms with Gasteiger partial charge < -0.3 is 36.4 Å². The van der Waals surface area contributed by atoms with Crippen LogP contribution in [-0.4, -0.2) is 49.0 Å². The molecular formula is C15H15N5O6. The molecule has 0 saturated heterocycles. The number of aromatic hydroxyl groups is 6. The normalized spacial score (nSPS) is 12.1. The predicted molar refractivity (Wildman–Crippen MR) is 92.8 cm³/mol. The molecule has 0 unspecified atom stereocenters. The number of hydrogen-bond acceptors (Lipinski definition) is 9. The number of hydrazone groups is 1. The first-order valence-corrected chi connectivity index (χ1v) is 6.93. The van der Waals surface area contributed by atoms with E-state index in [-0.39, 0.29) is 17.1 Å². The molecule has 2 rings (SSSR count). The molecule has 0 heterocycles. The quantitative estimate of drug-likeness (QED) is 0.163. The van der Waals surface area contributed by atoms with Crippen molar-refractivity contribution in [1.29, 1.82) is 0 Å². The Balaban J connectivity index is 2.00. The van der Waals surface area contributed by atoms with Gasteiger partial charge in [0.2, 0.25) is 5.96 Å². The SMILES string of the molecule is N/C(=N\N=Cc1cc(O)c(O)c(O)c1)NN=Cc1cc(O)c(O)c(O)c1. The molecule has 0 aromatic heterocycles. The van der Waals surface area contributed by atoms with E-state index in [1.54, 1.807) is 0 Å². The van der Waals surface area contributed by atoms with Crippen molar-refractivity contribution >= 4 is 18.4 Å². The number of nitrogens with one attached hydrogen (secondary N) is 1. The third-order valence-corrected chi connectivity index (χ3v) is 2.95. The Morgan fingerprint density at radius 3 is 1.65 bits per heavy atom. The Hall–Kier alpha value is -4.15. The van der Waals surface area contributed by atoms with Crippen LogP contribution in [0.2, 0.25) is 0 Å². The van der Waals surface area contributed by atoms with E-state index in [2.05, 4.69) is 20.7 Å². The molecule has 0 saturated carbocycles. The number of nitrogens with two attached hydrogens (primary N) is 1. The molecule has 9 N–H and O–H groups in total. The fourth-order valence-corrected chi connectivity index (χ4v) is 1.75. The van der Waals surface area contributed by atoms with Crippen LogP contribution in [0.1, 0.15) is 11.1 Å². The van der Waals surface area contributed by atoms with Crippen LogP contribution >= 0.6 is 0 Å². The standard InChI is InChI=1S/C15H15N5O6/c16-15(19-17-5-7-1-9(21)13(25)10(22)2-7)20-18-6-8-3-11(23)14(26)12(24)4-8/h1-6,21-26H,(H3,16,19,20). The number of nitrogens with zero attached hydrogens (tertiary/aromatic N) is 3. The zero-order valence-electron chi connectivity index (χ0n) is 13.1. The maximum atomic E-state index is 9.36. The van der Waals surface area contributed by atoms with Gasteiger partial charge >= 0.3 is 0 Å². The van der Waals surface area contributed by atoms with E-state index in [0.29, 0.717) is 0 Å². The van der Waals surface area contributed by atoms with Crippen LogP contribution in [-0.2, 0) is 0 Å². The zero-order chi connectivity index (χ0) is 19.3. The van der Waals surface area contributed by atoms with Gasteiger partial charge in [0.25, 0.3) is 0 Å².